The van der Waals surface area contributed by atoms with Gasteiger partial charge >= 0.3 is 5.97 Å². The summed E-state index contributed by atoms with van der Waals surface area (Å²) in [4.78, 5) is 22.1. The summed E-state index contributed by atoms with van der Waals surface area (Å²) in [5.74, 6) is 0.0647. The van der Waals surface area contributed by atoms with Crippen LogP contribution in [-0.4, -0.2) is 24.6 Å². The summed E-state index contributed by atoms with van der Waals surface area (Å²) in [5.41, 5.74) is 6.58. The van der Waals surface area contributed by atoms with Gasteiger partial charge in [0.25, 0.3) is 5.69 Å². The summed E-state index contributed by atoms with van der Waals surface area (Å²) in [5, 5.41) is 10.7. The maximum Gasteiger partial charge on any atom is 0.340 e. The fraction of sp³-hybridized carbons (Fsp3) is 0.188. The second kappa shape index (κ2) is 7.26. The number of carbonyl (C=O) groups excluding carboxylic acids is 1. The van der Waals surface area contributed by atoms with E-state index in [1.807, 2.05) is 24.3 Å². The Balaban J connectivity index is 1.96. The van der Waals surface area contributed by atoms with Gasteiger partial charge in [0.2, 0.25) is 0 Å². The number of ether oxygens (including phenoxy) is 2. The second-order valence-electron chi connectivity index (χ2n) is 4.76. The molecule has 0 saturated carbocycles. The zero-order chi connectivity index (χ0) is 16.8. The Hall–Kier alpha value is -3.09. The summed E-state index contributed by atoms with van der Waals surface area (Å²) in [7, 11) is 1.58. The van der Waals surface area contributed by atoms with Crippen LogP contribution in [0.5, 0.6) is 5.75 Å². The van der Waals surface area contributed by atoms with Crippen LogP contribution in [0.4, 0.5) is 11.4 Å². The highest BCUT2D eigenvalue weighted by Crippen LogP contribution is 2.20. The molecule has 2 aromatic rings. The van der Waals surface area contributed by atoms with Gasteiger partial charge in [-0.3, -0.25) is 10.1 Å². The summed E-state index contributed by atoms with van der Waals surface area (Å²) >= 11 is 0. The summed E-state index contributed by atoms with van der Waals surface area (Å²) in [6.45, 7) is 0.146. The Kier molecular flexibility index (Phi) is 5.14. The number of rotatable bonds is 6. The maximum absolute atomic E-state index is 12.0. The van der Waals surface area contributed by atoms with E-state index in [2.05, 4.69) is 0 Å². The molecule has 7 nitrogen and oxygen atoms in total. The predicted octanol–water partition coefficient (Wildman–Crippen LogP) is 2.59. The number of nitro benzene ring substituents is 1. The number of anilines is 1. The second-order valence-corrected chi connectivity index (χ2v) is 4.76. The highest BCUT2D eigenvalue weighted by atomic mass is 16.6. The zero-order valence-electron chi connectivity index (χ0n) is 12.5. The third kappa shape index (κ3) is 4.19. The highest BCUT2D eigenvalue weighted by Gasteiger charge is 2.16. The van der Waals surface area contributed by atoms with E-state index in [0.717, 1.165) is 17.4 Å². The molecule has 0 heterocycles. The van der Waals surface area contributed by atoms with E-state index in [0.29, 0.717) is 6.42 Å². The molecule has 0 radical (unpaired) electrons. The molecule has 23 heavy (non-hydrogen) atoms. The Labute approximate surface area is 132 Å². The number of nitrogens with two attached hydrogens (primary N) is 1. The van der Waals surface area contributed by atoms with Crippen molar-refractivity contribution in [1.82, 2.24) is 0 Å². The Morgan fingerprint density at radius 3 is 2.52 bits per heavy atom. The molecule has 2 rings (SSSR count). The van der Waals surface area contributed by atoms with E-state index in [9.17, 15) is 14.9 Å². The predicted molar refractivity (Wildman–Crippen MR) is 84.5 cm³/mol. The van der Waals surface area contributed by atoms with Gasteiger partial charge < -0.3 is 15.2 Å². The average molecular weight is 316 g/mol. The van der Waals surface area contributed by atoms with E-state index < -0.39 is 10.9 Å². The van der Waals surface area contributed by atoms with Crippen molar-refractivity contribution in [2.45, 2.75) is 6.42 Å². The number of benzene rings is 2. The molecular formula is C16H16N2O5. The van der Waals surface area contributed by atoms with Crippen molar-refractivity contribution < 1.29 is 19.2 Å². The van der Waals surface area contributed by atoms with Gasteiger partial charge in [0.1, 0.15) is 5.75 Å². The molecule has 0 bridgehead atoms. The molecule has 0 atom stereocenters. The lowest BCUT2D eigenvalue weighted by molar-refractivity contribution is -0.384. The molecule has 0 saturated heterocycles. The van der Waals surface area contributed by atoms with Crippen LogP contribution >= 0.6 is 0 Å². The third-order valence-corrected chi connectivity index (χ3v) is 3.25. The summed E-state index contributed by atoms with van der Waals surface area (Å²) < 4.78 is 10.2. The Morgan fingerprint density at radius 1 is 1.22 bits per heavy atom. The van der Waals surface area contributed by atoms with E-state index in [1.165, 1.54) is 12.1 Å². The highest BCUT2D eigenvalue weighted by molar-refractivity contribution is 5.95. The van der Waals surface area contributed by atoms with Crippen LogP contribution in [0.1, 0.15) is 15.9 Å². The van der Waals surface area contributed by atoms with Crippen LogP contribution in [0.3, 0.4) is 0 Å². The number of nitrogens with zero attached hydrogens (tertiary/aromatic N) is 1. The Morgan fingerprint density at radius 2 is 1.91 bits per heavy atom. The van der Waals surface area contributed by atoms with Gasteiger partial charge in [0.05, 0.1) is 24.2 Å². The molecule has 7 heteroatoms. The van der Waals surface area contributed by atoms with Crippen LogP contribution in [0.25, 0.3) is 0 Å². The first-order valence-corrected chi connectivity index (χ1v) is 6.85. The molecular weight excluding hydrogens is 300 g/mol. The molecule has 0 amide bonds. The fourth-order valence-electron chi connectivity index (χ4n) is 1.97. The molecule has 0 spiro atoms. The minimum atomic E-state index is -0.681. The van der Waals surface area contributed by atoms with Crippen molar-refractivity contribution in [2.24, 2.45) is 0 Å². The molecule has 0 aliphatic carbocycles. The monoisotopic (exact) mass is 316 g/mol. The molecule has 2 N–H and O–H groups in total. The SMILES string of the molecule is COc1ccc(CCOC(=O)c2cc([N+](=O)[O-])ccc2N)cc1. The van der Waals surface area contributed by atoms with Crippen LogP contribution in [0.15, 0.2) is 42.5 Å². The maximum atomic E-state index is 12.0. The first-order chi connectivity index (χ1) is 11.0. The van der Waals surface area contributed by atoms with Gasteiger partial charge in [-0.05, 0) is 23.8 Å². The minimum Gasteiger partial charge on any atom is -0.497 e. The molecule has 0 fully saturated rings. The van der Waals surface area contributed by atoms with Crippen LogP contribution in [-0.2, 0) is 11.2 Å². The van der Waals surface area contributed by atoms with Crippen molar-refractivity contribution >= 4 is 17.3 Å². The van der Waals surface area contributed by atoms with Crippen LogP contribution in [0, 0.1) is 10.1 Å². The topological polar surface area (TPSA) is 105 Å². The standard InChI is InChI=1S/C16H16N2O5/c1-22-13-5-2-11(3-6-13)8-9-23-16(19)14-10-12(18(20)21)4-7-15(14)17/h2-7,10H,8-9,17H2,1H3. The zero-order valence-corrected chi connectivity index (χ0v) is 12.5. The lowest BCUT2D eigenvalue weighted by Crippen LogP contribution is -2.11. The van der Waals surface area contributed by atoms with Gasteiger partial charge in [-0.2, -0.15) is 0 Å². The van der Waals surface area contributed by atoms with Gasteiger partial charge in [0.15, 0.2) is 0 Å². The van der Waals surface area contributed by atoms with Crippen LogP contribution < -0.4 is 10.5 Å². The third-order valence-electron chi connectivity index (χ3n) is 3.25. The van der Waals surface area contributed by atoms with Crippen molar-refractivity contribution in [3.63, 3.8) is 0 Å². The molecule has 0 aliphatic heterocycles. The van der Waals surface area contributed by atoms with Crippen LogP contribution in [0.2, 0.25) is 0 Å². The van der Waals surface area contributed by atoms with Crippen molar-refractivity contribution in [2.75, 3.05) is 19.5 Å². The molecule has 2 aromatic carbocycles. The lowest BCUT2D eigenvalue weighted by Gasteiger charge is -2.07. The van der Waals surface area contributed by atoms with Crippen molar-refractivity contribution in [3.8, 4) is 5.75 Å². The Bertz CT molecular complexity index is 713. The smallest absolute Gasteiger partial charge is 0.340 e. The van der Waals surface area contributed by atoms with Gasteiger partial charge in [-0.1, -0.05) is 12.1 Å². The number of hydrogen-bond acceptors (Lipinski definition) is 6. The molecule has 0 aliphatic rings. The average Bonchev–Trinajstić information content (AvgIpc) is 2.55. The first-order valence-electron chi connectivity index (χ1n) is 6.85. The number of nitrogen functional groups attached to an aromatic ring is 1. The van der Waals surface area contributed by atoms with E-state index in [1.54, 1.807) is 7.11 Å². The van der Waals surface area contributed by atoms with E-state index in [4.69, 9.17) is 15.2 Å². The lowest BCUT2D eigenvalue weighted by atomic mass is 10.1. The van der Waals surface area contributed by atoms with Gasteiger partial charge in [-0.25, -0.2) is 4.79 Å². The normalized spacial score (nSPS) is 10.1. The molecule has 120 valence electrons. The summed E-state index contributed by atoms with van der Waals surface area (Å²) in [6.07, 6.45) is 0.518. The number of methoxy groups -OCH3 is 1. The van der Waals surface area contributed by atoms with E-state index >= 15 is 0 Å². The number of nitro groups is 1. The minimum absolute atomic E-state index is 0.00562. The summed E-state index contributed by atoms with van der Waals surface area (Å²) in [6, 6.07) is 11.0. The number of carbonyl (C=O) groups is 1. The number of esters is 1. The number of non-ortho nitro benzene ring substituents is 1. The fourth-order valence-corrected chi connectivity index (χ4v) is 1.97. The van der Waals surface area contributed by atoms with Gasteiger partial charge in [-0.15, -0.1) is 0 Å². The van der Waals surface area contributed by atoms with Gasteiger partial charge in [0, 0.05) is 24.2 Å². The quantitative estimate of drug-likeness (QED) is 0.380. The molecule has 0 aromatic heterocycles. The largest absolute Gasteiger partial charge is 0.497 e. The van der Waals surface area contributed by atoms with Crippen molar-refractivity contribution in [3.05, 3.63) is 63.7 Å². The first kappa shape index (κ1) is 16.3. The van der Waals surface area contributed by atoms with E-state index in [-0.39, 0.29) is 23.5 Å². The molecule has 0 unspecified atom stereocenters. The van der Waals surface area contributed by atoms with Crippen molar-refractivity contribution in [1.29, 1.82) is 0 Å². The number of hydrogen-bond donors (Lipinski definition) is 1.